The summed E-state index contributed by atoms with van der Waals surface area (Å²) >= 11 is 0. The Hall–Kier alpha value is -3.33. The molecule has 4 aromatic rings. The molecule has 0 saturated carbocycles. The third kappa shape index (κ3) is 3.00. The minimum Gasteiger partial charge on any atom is -0.488 e. The van der Waals surface area contributed by atoms with Crippen molar-refractivity contribution in [3.63, 3.8) is 0 Å². The van der Waals surface area contributed by atoms with Gasteiger partial charge in [0.25, 0.3) is 0 Å². The van der Waals surface area contributed by atoms with Gasteiger partial charge in [0.15, 0.2) is 6.29 Å². The van der Waals surface area contributed by atoms with Crippen molar-refractivity contribution >= 4 is 11.8 Å². The molecule has 0 spiro atoms. The van der Waals surface area contributed by atoms with Crippen LogP contribution < -0.4 is 4.74 Å². The molecule has 0 aliphatic rings. The van der Waals surface area contributed by atoms with Crippen LogP contribution in [0.15, 0.2) is 79.0 Å². The van der Waals surface area contributed by atoms with E-state index in [0.717, 1.165) is 39.8 Å². The lowest BCUT2D eigenvalue weighted by atomic mass is 10.0. The first-order valence-electron chi connectivity index (χ1n) is 8.59. The average Bonchev–Trinajstić information content (AvgIpc) is 3.04. The van der Waals surface area contributed by atoms with Gasteiger partial charge in [0.05, 0.1) is 5.69 Å². The number of rotatable bonds is 5. The fourth-order valence-corrected chi connectivity index (χ4v) is 3.20. The minimum absolute atomic E-state index is 0.487. The summed E-state index contributed by atoms with van der Waals surface area (Å²) in [6, 6.07) is 24.0. The Labute approximate surface area is 152 Å². The number of para-hydroxylation sites is 1. The van der Waals surface area contributed by atoms with Crippen molar-refractivity contribution < 1.29 is 9.53 Å². The molecule has 0 bridgehead atoms. The molecular weight excluding hydrogens is 322 g/mol. The van der Waals surface area contributed by atoms with Gasteiger partial charge < -0.3 is 9.14 Å². The molecule has 4 rings (SSSR count). The van der Waals surface area contributed by atoms with Crippen LogP contribution in [0.5, 0.6) is 5.75 Å². The van der Waals surface area contributed by atoms with Crippen molar-refractivity contribution in [2.45, 2.75) is 13.5 Å². The number of aryl methyl sites for hydroxylation is 1. The molecule has 0 aliphatic carbocycles. The van der Waals surface area contributed by atoms with Crippen molar-refractivity contribution in [1.29, 1.82) is 0 Å². The molecule has 0 aliphatic heterocycles. The van der Waals surface area contributed by atoms with E-state index in [1.165, 1.54) is 0 Å². The summed E-state index contributed by atoms with van der Waals surface area (Å²) in [5.41, 5.74) is 5.71. The first kappa shape index (κ1) is 16.2. The number of pyridine rings is 1. The summed E-state index contributed by atoms with van der Waals surface area (Å²) in [5, 5.41) is 0. The highest BCUT2D eigenvalue weighted by Gasteiger charge is 2.15. The molecule has 2 heterocycles. The smallest absolute Gasteiger partial charge is 0.167 e. The zero-order valence-electron chi connectivity index (χ0n) is 14.6. The molecule has 2 aromatic carbocycles. The number of fused-ring (bicyclic) bond motifs is 1. The lowest BCUT2D eigenvalue weighted by molar-refractivity contribution is 0.111. The van der Waals surface area contributed by atoms with Gasteiger partial charge in [-0.2, -0.15) is 0 Å². The second-order valence-electron chi connectivity index (χ2n) is 6.33. The number of aldehydes is 1. The fourth-order valence-electron chi connectivity index (χ4n) is 3.20. The Balaban J connectivity index is 1.76. The van der Waals surface area contributed by atoms with Crippen LogP contribution in [0.4, 0.5) is 0 Å². The topological polar surface area (TPSA) is 30.7 Å². The molecule has 3 nitrogen and oxygen atoms in total. The Morgan fingerprint density at radius 2 is 1.69 bits per heavy atom. The third-order valence-electron chi connectivity index (χ3n) is 4.49. The van der Waals surface area contributed by atoms with Crippen LogP contribution in [0.1, 0.15) is 21.6 Å². The van der Waals surface area contributed by atoms with E-state index in [1.807, 2.05) is 84.3 Å². The molecule has 0 radical (unpaired) electrons. The van der Waals surface area contributed by atoms with E-state index in [4.69, 9.17) is 4.74 Å². The highest BCUT2D eigenvalue weighted by Crippen LogP contribution is 2.34. The summed E-state index contributed by atoms with van der Waals surface area (Å²) in [6.07, 6.45) is 2.84. The van der Waals surface area contributed by atoms with Gasteiger partial charge in [-0.25, -0.2) is 0 Å². The van der Waals surface area contributed by atoms with E-state index in [0.29, 0.717) is 12.3 Å². The van der Waals surface area contributed by atoms with Crippen LogP contribution in [-0.2, 0) is 6.61 Å². The maximum Gasteiger partial charge on any atom is 0.167 e. The predicted molar refractivity (Wildman–Crippen MR) is 104 cm³/mol. The summed E-state index contributed by atoms with van der Waals surface area (Å²) in [4.78, 5) is 11.8. The summed E-state index contributed by atoms with van der Waals surface area (Å²) in [5.74, 6) is 0.770. The van der Waals surface area contributed by atoms with Crippen LogP contribution in [0.2, 0.25) is 0 Å². The first-order chi connectivity index (χ1) is 12.8. The third-order valence-corrected chi connectivity index (χ3v) is 4.49. The second kappa shape index (κ2) is 6.89. The number of ether oxygens (including phenoxy) is 1. The molecule has 2 aromatic heterocycles. The Kier molecular flexibility index (Phi) is 4.28. The van der Waals surface area contributed by atoms with E-state index in [-0.39, 0.29) is 0 Å². The lowest BCUT2D eigenvalue weighted by Gasteiger charge is -2.11. The van der Waals surface area contributed by atoms with Crippen LogP contribution in [0.3, 0.4) is 0 Å². The van der Waals surface area contributed by atoms with Crippen molar-refractivity contribution in [2.24, 2.45) is 0 Å². The van der Waals surface area contributed by atoms with E-state index in [2.05, 4.69) is 6.07 Å². The highest BCUT2D eigenvalue weighted by atomic mass is 16.5. The monoisotopic (exact) mass is 341 g/mol. The molecule has 26 heavy (non-hydrogen) atoms. The van der Waals surface area contributed by atoms with E-state index in [9.17, 15) is 4.79 Å². The van der Waals surface area contributed by atoms with Crippen LogP contribution >= 0.6 is 0 Å². The van der Waals surface area contributed by atoms with Crippen molar-refractivity contribution in [3.8, 4) is 16.9 Å². The summed E-state index contributed by atoms with van der Waals surface area (Å²) in [6.45, 7) is 2.53. The second-order valence-corrected chi connectivity index (χ2v) is 6.33. The summed E-state index contributed by atoms with van der Waals surface area (Å²) in [7, 11) is 0. The van der Waals surface area contributed by atoms with Crippen LogP contribution in [-0.4, -0.2) is 10.7 Å². The first-order valence-corrected chi connectivity index (χ1v) is 8.59. The molecule has 0 amide bonds. The van der Waals surface area contributed by atoms with Crippen molar-refractivity contribution in [2.75, 3.05) is 0 Å². The normalized spacial score (nSPS) is 10.8. The van der Waals surface area contributed by atoms with Gasteiger partial charge in [0.1, 0.15) is 12.4 Å². The number of benzene rings is 2. The van der Waals surface area contributed by atoms with Gasteiger partial charge in [-0.1, -0.05) is 48.5 Å². The van der Waals surface area contributed by atoms with Gasteiger partial charge in [0, 0.05) is 22.8 Å². The van der Waals surface area contributed by atoms with Gasteiger partial charge in [-0.05, 0) is 42.3 Å². The standard InChI is InChI=1S/C23H19NO2/c1-17-11-12-24-19(13-17)14-21(22(24)15-25)20-9-5-6-10-23(20)26-16-18-7-3-2-4-8-18/h2-15H,16H2,1H3. The quantitative estimate of drug-likeness (QED) is 0.461. The molecule has 128 valence electrons. The highest BCUT2D eigenvalue weighted by molar-refractivity contribution is 5.91. The zero-order chi connectivity index (χ0) is 17.9. The maximum absolute atomic E-state index is 11.8. The maximum atomic E-state index is 11.8. The largest absolute Gasteiger partial charge is 0.488 e. The Morgan fingerprint density at radius 1 is 0.923 bits per heavy atom. The Bertz CT molecular complexity index is 1060. The molecule has 3 heteroatoms. The van der Waals surface area contributed by atoms with Gasteiger partial charge in [0.2, 0.25) is 0 Å². The number of carbonyl (C=O) groups is 1. The van der Waals surface area contributed by atoms with Gasteiger partial charge in [-0.15, -0.1) is 0 Å². The van der Waals surface area contributed by atoms with E-state index >= 15 is 0 Å². The number of aromatic nitrogens is 1. The van der Waals surface area contributed by atoms with Crippen LogP contribution in [0.25, 0.3) is 16.6 Å². The molecular formula is C23H19NO2. The molecule has 0 N–H and O–H groups in total. The zero-order valence-corrected chi connectivity index (χ0v) is 14.6. The average molecular weight is 341 g/mol. The van der Waals surface area contributed by atoms with Crippen molar-refractivity contribution in [1.82, 2.24) is 4.40 Å². The number of carbonyl (C=O) groups excluding carboxylic acids is 1. The lowest BCUT2D eigenvalue weighted by Crippen LogP contribution is -1.98. The van der Waals surface area contributed by atoms with Crippen LogP contribution in [0, 0.1) is 6.92 Å². The molecule has 0 fully saturated rings. The number of hydrogen-bond acceptors (Lipinski definition) is 2. The molecule has 0 atom stereocenters. The van der Waals surface area contributed by atoms with Crippen molar-refractivity contribution in [3.05, 3.63) is 95.8 Å². The number of hydrogen-bond donors (Lipinski definition) is 0. The minimum atomic E-state index is 0.487. The molecule has 0 saturated heterocycles. The van der Waals surface area contributed by atoms with Gasteiger partial charge in [-0.3, -0.25) is 4.79 Å². The van der Waals surface area contributed by atoms with E-state index in [1.54, 1.807) is 0 Å². The number of nitrogens with zero attached hydrogens (tertiary/aromatic N) is 1. The van der Waals surface area contributed by atoms with E-state index < -0.39 is 0 Å². The summed E-state index contributed by atoms with van der Waals surface area (Å²) < 4.78 is 7.99. The Morgan fingerprint density at radius 3 is 2.50 bits per heavy atom. The fraction of sp³-hybridized carbons (Fsp3) is 0.0870. The predicted octanol–water partition coefficient (Wildman–Crippen LogP) is 5.31. The van der Waals surface area contributed by atoms with Gasteiger partial charge >= 0.3 is 0 Å². The SMILES string of the molecule is Cc1ccn2c(C=O)c(-c3ccccc3OCc3ccccc3)cc2c1. The molecule has 0 unspecified atom stereocenters.